The monoisotopic (exact) mass is 351 g/mol. The second-order valence-corrected chi connectivity index (χ2v) is 6.09. The minimum atomic E-state index is -0.0915. The van der Waals surface area contributed by atoms with Gasteiger partial charge in [-0.15, -0.1) is 0 Å². The predicted octanol–water partition coefficient (Wildman–Crippen LogP) is 2.22. The maximum Gasteiger partial charge on any atom is 0.305 e. The van der Waals surface area contributed by atoms with Crippen molar-refractivity contribution >= 4 is 11.9 Å². The first-order valence-electron chi connectivity index (χ1n) is 9.08. The molecule has 0 fully saturated rings. The van der Waals surface area contributed by atoms with Gasteiger partial charge in [-0.2, -0.15) is 5.10 Å². The second-order valence-electron chi connectivity index (χ2n) is 6.09. The average Bonchev–Trinajstić information content (AvgIpc) is 2.82. The lowest BCUT2D eigenvalue weighted by Gasteiger charge is -2.12. The Balaban J connectivity index is 2.17. The van der Waals surface area contributed by atoms with Gasteiger partial charge >= 0.3 is 5.97 Å². The van der Waals surface area contributed by atoms with Crippen LogP contribution in [0.3, 0.4) is 0 Å². The molecule has 0 aliphatic carbocycles. The number of esters is 1. The van der Waals surface area contributed by atoms with E-state index in [2.05, 4.69) is 27.6 Å². The molecule has 25 heavy (non-hydrogen) atoms. The van der Waals surface area contributed by atoms with E-state index in [1.165, 1.54) is 11.3 Å². The van der Waals surface area contributed by atoms with Gasteiger partial charge in [-0.1, -0.05) is 12.8 Å². The highest BCUT2D eigenvalue weighted by Gasteiger charge is 2.09. The number of aryl methyl sites for hydroxylation is 2. The van der Waals surface area contributed by atoms with E-state index < -0.39 is 0 Å². The fraction of sp³-hybridized carbons (Fsp3) is 0.722. The first kappa shape index (κ1) is 21.0. The molecule has 1 aromatic heterocycles. The van der Waals surface area contributed by atoms with Crippen LogP contribution in [0.1, 0.15) is 56.0 Å². The highest BCUT2D eigenvalue weighted by atomic mass is 16.5. The molecule has 0 spiro atoms. The lowest BCUT2D eigenvalue weighted by atomic mass is 10.1. The van der Waals surface area contributed by atoms with Gasteiger partial charge in [0.15, 0.2) is 5.96 Å². The SMILES string of the molecule is CCOC(=O)CCCCCCNC(=NC)NCc1c(C)nn(C)c1C. The Morgan fingerprint density at radius 2 is 1.92 bits per heavy atom. The number of aliphatic imine (C=N–C) groups is 1. The van der Waals surface area contributed by atoms with Crippen LogP contribution in [0.15, 0.2) is 4.99 Å². The third-order valence-electron chi connectivity index (χ3n) is 4.22. The van der Waals surface area contributed by atoms with Crippen molar-refractivity contribution in [2.45, 2.75) is 59.4 Å². The minimum Gasteiger partial charge on any atom is -0.466 e. The number of hydrogen-bond donors (Lipinski definition) is 2. The summed E-state index contributed by atoms with van der Waals surface area (Å²) in [6.45, 7) is 7.98. The largest absolute Gasteiger partial charge is 0.466 e. The molecule has 2 N–H and O–H groups in total. The summed E-state index contributed by atoms with van der Waals surface area (Å²) in [7, 11) is 3.73. The number of guanidine groups is 1. The fourth-order valence-corrected chi connectivity index (χ4v) is 2.65. The van der Waals surface area contributed by atoms with E-state index in [-0.39, 0.29) is 5.97 Å². The summed E-state index contributed by atoms with van der Waals surface area (Å²) in [6, 6.07) is 0. The van der Waals surface area contributed by atoms with Crippen LogP contribution in [-0.2, 0) is 23.1 Å². The van der Waals surface area contributed by atoms with E-state index in [9.17, 15) is 4.79 Å². The number of carbonyl (C=O) groups excluding carboxylic acids is 1. The van der Waals surface area contributed by atoms with Crippen molar-refractivity contribution in [1.82, 2.24) is 20.4 Å². The molecule has 0 bridgehead atoms. The van der Waals surface area contributed by atoms with Crippen molar-refractivity contribution < 1.29 is 9.53 Å². The number of hydrogen-bond acceptors (Lipinski definition) is 4. The molecule has 142 valence electrons. The highest BCUT2D eigenvalue weighted by Crippen LogP contribution is 2.11. The first-order chi connectivity index (χ1) is 12.0. The highest BCUT2D eigenvalue weighted by molar-refractivity contribution is 5.79. The van der Waals surface area contributed by atoms with Crippen LogP contribution in [0.2, 0.25) is 0 Å². The summed E-state index contributed by atoms with van der Waals surface area (Å²) in [4.78, 5) is 15.5. The lowest BCUT2D eigenvalue weighted by Crippen LogP contribution is -2.37. The van der Waals surface area contributed by atoms with Crippen molar-refractivity contribution in [1.29, 1.82) is 0 Å². The van der Waals surface area contributed by atoms with Crippen LogP contribution >= 0.6 is 0 Å². The van der Waals surface area contributed by atoms with Crippen molar-refractivity contribution in [2.24, 2.45) is 12.0 Å². The van der Waals surface area contributed by atoms with Crippen LogP contribution in [0.4, 0.5) is 0 Å². The van der Waals surface area contributed by atoms with E-state index >= 15 is 0 Å². The van der Waals surface area contributed by atoms with Gasteiger partial charge in [0.2, 0.25) is 0 Å². The van der Waals surface area contributed by atoms with Crippen molar-refractivity contribution in [3.63, 3.8) is 0 Å². The molecule has 0 atom stereocenters. The van der Waals surface area contributed by atoms with E-state index in [4.69, 9.17) is 4.74 Å². The molecule has 1 aromatic rings. The maximum atomic E-state index is 11.2. The van der Waals surface area contributed by atoms with Gasteiger partial charge < -0.3 is 15.4 Å². The van der Waals surface area contributed by atoms with E-state index in [1.807, 2.05) is 25.6 Å². The van der Waals surface area contributed by atoms with Crippen LogP contribution < -0.4 is 10.6 Å². The summed E-state index contributed by atoms with van der Waals surface area (Å²) < 4.78 is 6.82. The molecule has 1 heterocycles. The Labute approximate surface area is 151 Å². The normalized spacial score (nSPS) is 11.5. The van der Waals surface area contributed by atoms with Gasteiger partial charge in [0.25, 0.3) is 0 Å². The number of carbonyl (C=O) groups is 1. The zero-order valence-corrected chi connectivity index (χ0v) is 16.3. The van der Waals surface area contributed by atoms with Gasteiger partial charge in [0.05, 0.1) is 12.3 Å². The third-order valence-corrected chi connectivity index (χ3v) is 4.22. The molecule has 0 amide bonds. The van der Waals surface area contributed by atoms with Crippen LogP contribution in [0, 0.1) is 13.8 Å². The Morgan fingerprint density at radius 1 is 1.20 bits per heavy atom. The molecule has 0 radical (unpaired) electrons. The molecular weight excluding hydrogens is 318 g/mol. The summed E-state index contributed by atoms with van der Waals surface area (Å²) in [5.74, 6) is 0.709. The average molecular weight is 351 g/mol. The number of rotatable bonds is 10. The topological polar surface area (TPSA) is 80.5 Å². The number of ether oxygens (including phenoxy) is 1. The standard InChI is InChI=1S/C18H33N5O2/c1-6-25-17(24)11-9-7-8-10-12-20-18(19-4)21-13-16-14(2)22-23(5)15(16)3/h6-13H2,1-5H3,(H2,19,20,21). The number of nitrogens with zero attached hydrogens (tertiary/aromatic N) is 3. The number of nitrogens with one attached hydrogen (secondary N) is 2. The summed E-state index contributed by atoms with van der Waals surface area (Å²) >= 11 is 0. The quantitative estimate of drug-likeness (QED) is 0.292. The molecule has 1 rings (SSSR count). The van der Waals surface area contributed by atoms with Gasteiger partial charge in [0, 0.05) is 44.9 Å². The zero-order chi connectivity index (χ0) is 18.7. The molecule has 0 aromatic carbocycles. The summed E-state index contributed by atoms with van der Waals surface area (Å²) in [6.07, 6.45) is 4.60. The molecule has 7 heteroatoms. The maximum absolute atomic E-state index is 11.2. The smallest absolute Gasteiger partial charge is 0.305 e. The van der Waals surface area contributed by atoms with Crippen LogP contribution in [-0.4, -0.2) is 41.9 Å². The Bertz CT molecular complexity index is 566. The van der Waals surface area contributed by atoms with Crippen molar-refractivity contribution in [2.75, 3.05) is 20.2 Å². The number of aromatic nitrogens is 2. The summed E-state index contributed by atoms with van der Waals surface area (Å²) in [5, 5.41) is 11.1. The molecule has 7 nitrogen and oxygen atoms in total. The molecule has 0 unspecified atom stereocenters. The molecule has 0 saturated heterocycles. The number of unbranched alkanes of at least 4 members (excludes halogenated alkanes) is 3. The summed E-state index contributed by atoms with van der Waals surface area (Å²) in [5.41, 5.74) is 3.43. The van der Waals surface area contributed by atoms with Crippen LogP contribution in [0.25, 0.3) is 0 Å². The second kappa shape index (κ2) is 11.5. The molecular formula is C18H33N5O2. The van der Waals surface area contributed by atoms with Gasteiger partial charge in [-0.3, -0.25) is 14.5 Å². The molecule has 0 aliphatic rings. The van der Waals surface area contributed by atoms with Crippen LogP contribution in [0.5, 0.6) is 0 Å². The van der Waals surface area contributed by atoms with E-state index in [1.54, 1.807) is 7.05 Å². The van der Waals surface area contributed by atoms with E-state index in [0.29, 0.717) is 19.6 Å². The minimum absolute atomic E-state index is 0.0915. The Morgan fingerprint density at radius 3 is 2.52 bits per heavy atom. The van der Waals surface area contributed by atoms with Gasteiger partial charge in [0.1, 0.15) is 0 Å². The Kier molecular flexibility index (Phi) is 9.65. The first-order valence-corrected chi connectivity index (χ1v) is 9.08. The lowest BCUT2D eigenvalue weighted by molar-refractivity contribution is -0.143. The molecule has 0 aliphatic heterocycles. The third kappa shape index (κ3) is 7.58. The van der Waals surface area contributed by atoms with Gasteiger partial charge in [-0.05, 0) is 33.6 Å². The van der Waals surface area contributed by atoms with Crippen molar-refractivity contribution in [3.8, 4) is 0 Å². The predicted molar refractivity (Wildman–Crippen MR) is 101 cm³/mol. The molecule has 0 saturated carbocycles. The fourth-order valence-electron chi connectivity index (χ4n) is 2.65. The van der Waals surface area contributed by atoms with Gasteiger partial charge in [-0.25, -0.2) is 0 Å². The zero-order valence-electron chi connectivity index (χ0n) is 16.3. The van der Waals surface area contributed by atoms with Crippen molar-refractivity contribution in [3.05, 3.63) is 17.0 Å². The van der Waals surface area contributed by atoms with E-state index in [0.717, 1.165) is 43.9 Å². The Hall–Kier alpha value is -2.05.